The highest BCUT2D eigenvalue weighted by Crippen LogP contribution is 2.22. The van der Waals surface area contributed by atoms with Crippen LogP contribution < -0.4 is 5.73 Å². The van der Waals surface area contributed by atoms with Crippen LogP contribution in [0.25, 0.3) is 0 Å². The average Bonchev–Trinajstić information content (AvgIpc) is 2.10. The molecule has 0 spiro atoms. The quantitative estimate of drug-likeness (QED) is 0.583. The first-order valence-electron chi connectivity index (χ1n) is 4.08. The maximum Gasteiger partial charge on any atom is 0.134 e. The van der Waals surface area contributed by atoms with Crippen molar-refractivity contribution >= 4 is 11.6 Å². The number of pyridine rings is 1. The smallest absolute Gasteiger partial charge is 0.134 e. The molecule has 0 saturated heterocycles. The van der Waals surface area contributed by atoms with Gasteiger partial charge in [0.05, 0.1) is 6.04 Å². The number of halogens is 1. The molecule has 0 aliphatic heterocycles. The van der Waals surface area contributed by atoms with Crippen LogP contribution >= 0.6 is 11.6 Å². The fourth-order valence-corrected chi connectivity index (χ4v) is 1.37. The highest BCUT2D eigenvalue weighted by atomic mass is 35.5. The molecule has 0 bridgehead atoms. The summed E-state index contributed by atoms with van der Waals surface area (Å²) in [5.41, 5.74) is 8.63. The van der Waals surface area contributed by atoms with Crippen molar-refractivity contribution in [3.8, 4) is 0 Å². The maximum atomic E-state index is 5.94. The summed E-state index contributed by atoms with van der Waals surface area (Å²) in [6.45, 7) is 7.52. The monoisotopic (exact) mass is 196 g/mol. The summed E-state index contributed by atoms with van der Waals surface area (Å²) >= 11 is 5.94. The Morgan fingerprint density at radius 2 is 2.23 bits per heavy atom. The van der Waals surface area contributed by atoms with E-state index in [4.69, 9.17) is 17.3 Å². The largest absolute Gasteiger partial charge is 0.321 e. The first kappa shape index (κ1) is 10.2. The van der Waals surface area contributed by atoms with Gasteiger partial charge < -0.3 is 5.73 Å². The molecule has 1 aromatic heterocycles. The van der Waals surface area contributed by atoms with Gasteiger partial charge in [0.25, 0.3) is 0 Å². The van der Waals surface area contributed by atoms with Crippen LogP contribution in [0.3, 0.4) is 0 Å². The summed E-state index contributed by atoms with van der Waals surface area (Å²) < 4.78 is 0. The van der Waals surface area contributed by atoms with E-state index in [1.807, 2.05) is 19.9 Å². The minimum Gasteiger partial charge on any atom is -0.321 e. The second-order valence-corrected chi connectivity index (χ2v) is 3.39. The average molecular weight is 197 g/mol. The highest BCUT2D eigenvalue weighted by Gasteiger charge is 2.09. The molecule has 0 fully saturated rings. The van der Waals surface area contributed by atoms with Crippen molar-refractivity contribution in [1.29, 1.82) is 0 Å². The van der Waals surface area contributed by atoms with Crippen LogP contribution in [0.5, 0.6) is 0 Å². The van der Waals surface area contributed by atoms with E-state index in [1.165, 1.54) is 0 Å². The molecule has 70 valence electrons. The van der Waals surface area contributed by atoms with Gasteiger partial charge >= 0.3 is 0 Å². The van der Waals surface area contributed by atoms with E-state index in [-0.39, 0.29) is 6.04 Å². The molecule has 1 heterocycles. The summed E-state index contributed by atoms with van der Waals surface area (Å²) in [5.74, 6) is 0. The lowest BCUT2D eigenvalue weighted by Gasteiger charge is -2.10. The number of nitrogens with two attached hydrogens (primary N) is 1. The normalized spacial score (nSPS) is 12.6. The van der Waals surface area contributed by atoms with E-state index in [0.717, 1.165) is 16.8 Å². The Labute approximate surface area is 83.4 Å². The van der Waals surface area contributed by atoms with E-state index in [9.17, 15) is 0 Å². The Morgan fingerprint density at radius 3 is 2.77 bits per heavy atom. The van der Waals surface area contributed by atoms with Crippen LogP contribution in [0.4, 0.5) is 0 Å². The van der Waals surface area contributed by atoms with Crippen molar-refractivity contribution in [2.75, 3.05) is 0 Å². The van der Waals surface area contributed by atoms with Gasteiger partial charge in [0.1, 0.15) is 5.15 Å². The van der Waals surface area contributed by atoms with Crippen molar-refractivity contribution in [3.05, 3.63) is 40.7 Å². The summed E-state index contributed by atoms with van der Waals surface area (Å²) in [6, 6.07) is 1.72. The zero-order chi connectivity index (χ0) is 10.0. The topological polar surface area (TPSA) is 38.9 Å². The summed E-state index contributed by atoms with van der Waals surface area (Å²) in [6.07, 6.45) is 1.65. The molecule has 2 N–H and O–H groups in total. The number of rotatable bonds is 2. The number of nitrogens with zero attached hydrogens (tertiary/aromatic N) is 1. The predicted molar refractivity (Wildman–Crippen MR) is 55.8 cm³/mol. The molecule has 0 radical (unpaired) electrons. The van der Waals surface area contributed by atoms with Gasteiger partial charge in [0, 0.05) is 11.3 Å². The van der Waals surface area contributed by atoms with Gasteiger partial charge in [0.2, 0.25) is 0 Å². The van der Waals surface area contributed by atoms with Crippen LogP contribution in [0.1, 0.15) is 22.9 Å². The molecule has 0 aromatic carbocycles. The molecule has 13 heavy (non-hydrogen) atoms. The summed E-state index contributed by atoms with van der Waals surface area (Å²) in [7, 11) is 0. The molecule has 0 amide bonds. The Morgan fingerprint density at radius 1 is 1.62 bits per heavy atom. The molecular weight excluding hydrogens is 184 g/mol. The van der Waals surface area contributed by atoms with Crippen LogP contribution in [0.2, 0.25) is 5.15 Å². The van der Waals surface area contributed by atoms with E-state index in [0.29, 0.717) is 5.15 Å². The minimum absolute atomic E-state index is 0.237. The molecule has 0 aliphatic carbocycles. The molecule has 1 rings (SSSR count). The zero-order valence-electron chi connectivity index (χ0n) is 7.84. The van der Waals surface area contributed by atoms with Gasteiger partial charge in [-0.25, -0.2) is 4.98 Å². The van der Waals surface area contributed by atoms with Gasteiger partial charge in [-0.3, -0.25) is 0 Å². The molecule has 1 atom stereocenters. The van der Waals surface area contributed by atoms with Crippen molar-refractivity contribution in [3.63, 3.8) is 0 Å². The van der Waals surface area contributed by atoms with E-state index in [2.05, 4.69) is 11.6 Å². The van der Waals surface area contributed by atoms with Crippen LogP contribution in [0, 0.1) is 13.8 Å². The number of aryl methyl sites for hydroxylation is 2. The number of aromatic nitrogens is 1. The van der Waals surface area contributed by atoms with E-state index in [1.54, 1.807) is 6.08 Å². The first-order chi connectivity index (χ1) is 6.06. The van der Waals surface area contributed by atoms with Crippen molar-refractivity contribution in [2.45, 2.75) is 19.9 Å². The fraction of sp³-hybridized carbons (Fsp3) is 0.300. The summed E-state index contributed by atoms with van der Waals surface area (Å²) in [4.78, 5) is 4.18. The van der Waals surface area contributed by atoms with Gasteiger partial charge in [-0.2, -0.15) is 0 Å². The number of hydrogen-bond acceptors (Lipinski definition) is 2. The first-order valence-corrected chi connectivity index (χ1v) is 4.46. The molecular formula is C10H13ClN2. The third-order valence-electron chi connectivity index (χ3n) is 2.06. The van der Waals surface area contributed by atoms with Crippen LogP contribution in [0.15, 0.2) is 18.7 Å². The SMILES string of the molecule is C=CC(N)c1cc(C)c(C)nc1Cl. The van der Waals surface area contributed by atoms with Gasteiger partial charge in [-0.05, 0) is 25.5 Å². The summed E-state index contributed by atoms with van der Waals surface area (Å²) in [5, 5.41) is 0.468. The number of hydrogen-bond donors (Lipinski definition) is 1. The fourth-order valence-electron chi connectivity index (χ4n) is 1.06. The third-order valence-corrected chi connectivity index (χ3v) is 2.36. The van der Waals surface area contributed by atoms with Gasteiger partial charge in [-0.1, -0.05) is 17.7 Å². The maximum absolute atomic E-state index is 5.94. The van der Waals surface area contributed by atoms with Gasteiger partial charge in [-0.15, -0.1) is 6.58 Å². The lowest BCUT2D eigenvalue weighted by Crippen LogP contribution is -2.09. The van der Waals surface area contributed by atoms with E-state index >= 15 is 0 Å². The Hall–Kier alpha value is -0.860. The Bertz CT molecular complexity index is 334. The lowest BCUT2D eigenvalue weighted by molar-refractivity contribution is 0.895. The zero-order valence-corrected chi connectivity index (χ0v) is 8.60. The Balaban J connectivity index is 3.22. The van der Waals surface area contributed by atoms with E-state index < -0.39 is 0 Å². The third kappa shape index (κ3) is 2.08. The molecule has 1 unspecified atom stereocenters. The van der Waals surface area contributed by atoms with Crippen molar-refractivity contribution in [1.82, 2.24) is 4.98 Å². The molecule has 2 nitrogen and oxygen atoms in total. The second-order valence-electron chi connectivity index (χ2n) is 3.03. The molecule has 0 aliphatic rings. The van der Waals surface area contributed by atoms with Crippen LogP contribution in [-0.2, 0) is 0 Å². The van der Waals surface area contributed by atoms with Crippen molar-refractivity contribution < 1.29 is 0 Å². The standard InChI is InChI=1S/C10H13ClN2/c1-4-9(12)8-5-6(2)7(3)13-10(8)11/h4-5,9H,1,12H2,2-3H3. The highest BCUT2D eigenvalue weighted by molar-refractivity contribution is 6.30. The Kier molecular flexibility index (Phi) is 3.07. The van der Waals surface area contributed by atoms with Crippen LogP contribution in [-0.4, -0.2) is 4.98 Å². The minimum atomic E-state index is -0.237. The van der Waals surface area contributed by atoms with Gasteiger partial charge in [0.15, 0.2) is 0 Å². The predicted octanol–water partition coefficient (Wildman–Crippen LogP) is 2.54. The molecule has 0 saturated carbocycles. The molecule has 1 aromatic rings. The van der Waals surface area contributed by atoms with Crippen molar-refractivity contribution in [2.24, 2.45) is 5.73 Å². The second kappa shape index (κ2) is 3.90. The molecule has 3 heteroatoms. The lowest BCUT2D eigenvalue weighted by atomic mass is 10.1.